The van der Waals surface area contributed by atoms with Gasteiger partial charge in [-0.3, -0.25) is 15.6 Å². The number of carbonyl (C=O) groups is 1. The number of aryl methyl sites for hydroxylation is 3. The zero-order chi connectivity index (χ0) is 21.7. The van der Waals surface area contributed by atoms with E-state index in [0.29, 0.717) is 5.56 Å². The highest BCUT2D eigenvalue weighted by Crippen LogP contribution is 2.16. The van der Waals surface area contributed by atoms with Gasteiger partial charge in [0.2, 0.25) is 16.0 Å². The van der Waals surface area contributed by atoms with Gasteiger partial charge in [-0.2, -0.15) is 0 Å². The highest BCUT2D eigenvalue weighted by Gasteiger charge is 2.18. The first-order valence-electron chi connectivity index (χ1n) is 9.27. The molecule has 1 amide bonds. The Morgan fingerprint density at radius 2 is 1.60 bits per heavy atom. The van der Waals surface area contributed by atoms with Gasteiger partial charge >= 0.3 is 0 Å². The molecule has 0 saturated carbocycles. The maximum absolute atomic E-state index is 12.7. The third kappa shape index (κ3) is 5.40. The molecule has 3 N–H and O–H groups in total. The van der Waals surface area contributed by atoms with Crippen molar-refractivity contribution in [3.05, 3.63) is 82.7 Å². The van der Waals surface area contributed by atoms with Gasteiger partial charge < -0.3 is 0 Å². The zero-order valence-electron chi connectivity index (χ0n) is 16.9. The van der Waals surface area contributed by atoms with Gasteiger partial charge in [-0.1, -0.05) is 36.4 Å². The van der Waals surface area contributed by atoms with Crippen molar-refractivity contribution in [1.29, 1.82) is 0 Å². The lowest BCUT2D eigenvalue weighted by atomic mass is 10.1. The molecule has 0 fully saturated rings. The predicted octanol–water partition coefficient (Wildman–Crippen LogP) is 2.64. The fraction of sp³-hybridized carbons (Fsp3) is 0.190. The summed E-state index contributed by atoms with van der Waals surface area (Å²) < 4.78 is 27.9. The summed E-state index contributed by atoms with van der Waals surface area (Å²) in [6.07, 6.45) is 0. The van der Waals surface area contributed by atoms with E-state index >= 15 is 0 Å². The van der Waals surface area contributed by atoms with Crippen LogP contribution in [0, 0.1) is 20.8 Å². The Morgan fingerprint density at radius 1 is 0.933 bits per heavy atom. The number of amides is 1. The van der Waals surface area contributed by atoms with E-state index in [1.165, 1.54) is 12.1 Å². The molecule has 1 heterocycles. The quantitative estimate of drug-likeness (QED) is 0.502. The molecular weight excluding hydrogens is 402 g/mol. The molecule has 0 radical (unpaired) electrons. The summed E-state index contributed by atoms with van der Waals surface area (Å²) in [4.78, 5) is 21.0. The van der Waals surface area contributed by atoms with Crippen LogP contribution < -0.4 is 15.6 Å². The molecule has 1 aromatic heterocycles. The molecule has 0 saturated heterocycles. The Labute approximate surface area is 175 Å². The van der Waals surface area contributed by atoms with E-state index in [2.05, 4.69) is 25.5 Å². The molecule has 0 bridgehead atoms. The summed E-state index contributed by atoms with van der Waals surface area (Å²) >= 11 is 0. The fourth-order valence-corrected chi connectivity index (χ4v) is 3.88. The van der Waals surface area contributed by atoms with E-state index in [1.807, 2.05) is 50.2 Å². The molecule has 0 unspecified atom stereocenters. The second-order valence-corrected chi connectivity index (χ2v) is 8.61. The number of hydrogen-bond acceptors (Lipinski definition) is 6. The number of carbonyl (C=O) groups excluding carboxylic acids is 1. The monoisotopic (exact) mass is 425 g/mol. The Morgan fingerprint density at radius 3 is 2.27 bits per heavy atom. The van der Waals surface area contributed by atoms with E-state index in [4.69, 9.17) is 0 Å². The molecule has 3 rings (SSSR count). The standard InChI is InChI=1S/C21H23N5O3S/c1-14-9-10-18(30(28,29)22-13-17-7-5-4-6-8-17)12-19(14)20(27)25-26-21-23-15(2)11-16(3)24-21/h4-12,22H,13H2,1-3H3,(H,25,27)(H,23,24,26). The number of nitrogens with zero attached hydrogens (tertiary/aromatic N) is 2. The smallest absolute Gasteiger partial charge is 0.267 e. The van der Waals surface area contributed by atoms with Gasteiger partial charge in [0.1, 0.15) is 0 Å². The van der Waals surface area contributed by atoms with Gasteiger partial charge in [0.15, 0.2) is 0 Å². The minimum atomic E-state index is -3.78. The first kappa shape index (κ1) is 21.4. The molecule has 0 aliphatic carbocycles. The van der Waals surface area contributed by atoms with Crippen LogP contribution in [0.15, 0.2) is 59.5 Å². The summed E-state index contributed by atoms with van der Waals surface area (Å²) in [6, 6.07) is 15.4. The molecule has 0 aliphatic rings. The molecule has 8 nitrogen and oxygen atoms in total. The van der Waals surface area contributed by atoms with Gasteiger partial charge in [-0.05, 0) is 50.1 Å². The van der Waals surface area contributed by atoms with Crippen molar-refractivity contribution in [1.82, 2.24) is 20.1 Å². The lowest BCUT2D eigenvalue weighted by molar-refractivity contribution is 0.0961. The van der Waals surface area contributed by atoms with Crippen LogP contribution in [0.2, 0.25) is 0 Å². The van der Waals surface area contributed by atoms with Gasteiger partial charge in [0, 0.05) is 23.5 Å². The average Bonchev–Trinajstić information content (AvgIpc) is 2.71. The maximum Gasteiger partial charge on any atom is 0.270 e. The number of hydrogen-bond donors (Lipinski definition) is 3. The third-order valence-corrected chi connectivity index (χ3v) is 5.74. The highest BCUT2D eigenvalue weighted by atomic mass is 32.2. The number of anilines is 1. The number of sulfonamides is 1. The van der Waals surface area contributed by atoms with Crippen molar-refractivity contribution < 1.29 is 13.2 Å². The second-order valence-electron chi connectivity index (χ2n) is 6.84. The van der Waals surface area contributed by atoms with Crippen molar-refractivity contribution in [2.24, 2.45) is 0 Å². The summed E-state index contributed by atoms with van der Waals surface area (Å²) in [5.41, 5.74) is 8.41. The molecule has 0 atom stereocenters. The molecule has 0 aliphatic heterocycles. The molecule has 2 aromatic carbocycles. The topological polar surface area (TPSA) is 113 Å². The van der Waals surface area contributed by atoms with Crippen LogP contribution in [0.5, 0.6) is 0 Å². The first-order valence-corrected chi connectivity index (χ1v) is 10.8. The van der Waals surface area contributed by atoms with Crippen LogP contribution in [0.25, 0.3) is 0 Å². The number of hydrazine groups is 1. The minimum absolute atomic E-state index is 0.0110. The van der Waals surface area contributed by atoms with Crippen LogP contribution in [-0.4, -0.2) is 24.3 Å². The molecule has 156 valence electrons. The van der Waals surface area contributed by atoms with Gasteiger partial charge in [-0.25, -0.2) is 23.1 Å². The largest absolute Gasteiger partial charge is 0.270 e. The Hall–Kier alpha value is -3.30. The maximum atomic E-state index is 12.7. The van der Waals surface area contributed by atoms with Gasteiger partial charge in [-0.15, -0.1) is 0 Å². The Kier molecular flexibility index (Phi) is 6.43. The number of aromatic nitrogens is 2. The van der Waals surface area contributed by atoms with E-state index in [-0.39, 0.29) is 23.0 Å². The van der Waals surface area contributed by atoms with Gasteiger partial charge in [0.25, 0.3) is 5.91 Å². The molecular formula is C21H23N5O3S. The molecule has 30 heavy (non-hydrogen) atoms. The summed E-state index contributed by atoms with van der Waals surface area (Å²) in [5.74, 6) is -0.234. The van der Waals surface area contributed by atoms with Crippen LogP contribution in [0.1, 0.15) is 32.9 Å². The molecule has 3 aromatic rings. The second kappa shape index (κ2) is 9.02. The Balaban J connectivity index is 1.74. The average molecular weight is 426 g/mol. The normalized spacial score (nSPS) is 11.2. The van der Waals surface area contributed by atoms with Crippen molar-refractivity contribution >= 4 is 21.9 Å². The van der Waals surface area contributed by atoms with Crippen LogP contribution in [0.4, 0.5) is 5.95 Å². The fourth-order valence-electron chi connectivity index (χ4n) is 2.83. The van der Waals surface area contributed by atoms with E-state index in [0.717, 1.165) is 17.0 Å². The lowest BCUT2D eigenvalue weighted by Gasteiger charge is -2.12. The summed E-state index contributed by atoms with van der Waals surface area (Å²) in [7, 11) is -3.78. The van der Waals surface area contributed by atoms with E-state index in [1.54, 1.807) is 13.0 Å². The van der Waals surface area contributed by atoms with Crippen molar-refractivity contribution in [3.63, 3.8) is 0 Å². The van der Waals surface area contributed by atoms with Crippen molar-refractivity contribution in [2.75, 3.05) is 5.43 Å². The number of rotatable bonds is 7. The predicted molar refractivity (Wildman–Crippen MR) is 114 cm³/mol. The first-order chi connectivity index (χ1) is 14.2. The number of benzene rings is 2. The molecule has 9 heteroatoms. The SMILES string of the molecule is Cc1cc(C)nc(NNC(=O)c2cc(S(=O)(=O)NCc3ccccc3)ccc2C)n1. The van der Waals surface area contributed by atoms with Crippen LogP contribution >= 0.6 is 0 Å². The van der Waals surface area contributed by atoms with Crippen molar-refractivity contribution in [2.45, 2.75) is 32.2 Å². The van der Waals surface area contributed by atoms with Crippen LogP contribution in [0.3, 0.4) is 0 Å². The Bertz CT molecular complexity index is 1140. The lowest BCUT2D eigenvalue weighted by Crippen LogP contribution is -2.31. The minimum Gasteiger partial charge on any atom is -0.267 e. The molecule has 0 spiro atoms. The zero-order valence-corrected chi connectivity index (χ0v) is 17.7. The van der Waals surface area contributed by atoms with E-state index in [9.17, 15) is 13.2 Å². The van der Waals surface area contributed by atoms with E-state index < -0.39 is 15.9 Å². The van der Waals surface area contributed by atoms with Crippen molar-refractivity contribution in [3.8, 4) is 0 Å². The number of nitrogens with one attached hydrogen (secondary N) is 3. The summed E-state index contributed by atoms with van der Waals surface area (Å²) in [6.45, 7) is 5.53. The third-order valence-electron chi connectivity index (χ3n) is 4.34. The summed E-state index contributed by atoms with van der Waals surface area (Å²) in [5, 5.41) is 0. The van der Waals surface area contributed by atoms with Crippen LogP contribution in [-0.2, 0) is 16.6 Å². The highest BCUT2D eigenvalue weighted by molar-refractivity contribution is 7.89. The van der Waals surface area contributed by atoms with Gasteiger partial charge in [0.05, 0.1) is 4.90 Å².